The fraction of sp³-hybridized carbons (Fsp3) is 0.939. The Bertz CT molecular complexity index is 1490. The molecule has 1 saturated heterocycles. The maximum atomic E-state index is 13.2. The number of allylic oxidation sites excluding steroid dienone is 3. The van der Waals surface area contributed by atoms with E-state index in [4.69, 9.17) is 9.47 Å². The quantitative estimate of drug-likeness (QED) is 0.0261. The molecule has 91 heavy (non-hydrogen) atoms. The lowest BCUT2D eigenvalue weighted by molar-refractivity contribution is -0.302. The summed E-state index contributed by atoms with van der Waals surface area (Å²) in [6.07, 6.45) is 89.1. The number of amides is 1. The van der Waals surface area contributed by atoms with Crippen molar-refractivity contribution in [3.63, 3.8) is 0 Å². The van der Waals surface area contributed by atoms with Crippen LogP contribution in [-0.2, 0) is 14.3 Å². The molecule has 9 nitrogen and oxygen atoms in total. The summed E-state index contributed by atoms with van der Waals surface area (Å²) in [7, 11) is 0. The number of carbonyl (C=O) groups is 1. The lowest BCUT2D eigenvalue weighted by Gasteiger charge is -2.40. The topological polar surface area (TPSA) is 149 Å². The molecule has 7 atom stereocenters. The van der Waals surface area contributed by atoms with Crippen molar-refractivity contribution in [1.29, 1.82) is 0 Å². The van der Waals surface area contributed by atoms with Crippen LogP contribution in [0, 0.1) is 0 Å². The van der Waals surface area contributed by atoms with E-state index >= 15 is 0 Å². The SMILES string of the molecule is CCCCCCCCCC/C=C\CCCCCCCCCCCCCCCCCCCCCCCCCC(=O)NC(COC1OC(CO)C(O)C(O)C1O)C(O)/C=C/CCCCCCCCCCCCCCCCCCCCCCCCCCCCCCCCC. The third-order valence-corrected chi connectivity index (χ3v) is 20.0. The van der Waals surface area contributed by atoms with Gasteiger partial charge in [-0.25, -0.2) is 0 Å². The van der Waals surface area contributed by atoms with Crippen LogP contribution in [0.25, 0.3) is 0 Å². The van der Waals surface area contributed by atoms with Crippen LogP contribution in [0.1, 0.15) is 438 Å². The molecule has 0 aliphatic carbocycles. The Hall–Kier alpha value is -1.33. The van der Waals surface area contributed by atoms with Gasteiger partial charge in [0.05, 0.1) is 25.4 Å². The first-order valence-electron chi connectivity index (χ1n) is 41.1. The number of aliphatic hydroxyl groups excluding tert-OH is 5. The molecule has 0 aromatic rings. The first-order valence-corrected chi connectivity index (χ1v) is 41.1. The van der Waals surface area contributed by atoms with Crippen LogP contribution < -0.4 is 5.32 Å². The van der Waals surface area contributed by atoms with E-state index in [0.717, 1.165) is 38.5 Å². The van der Waals surface area contributed by atoms with Gasteiger partial charge >= 0.3 is 0 Å². The maximum absolute atomic E-state index is 13.2. The van der Waals surface area contributed by atoms with Crippen molar-refractivity contribution in [2.75, 3.05) is 13.2 Å². The summed E-state index contributed by atoms with van der Waals surface area (Å²) in [4.78, 5) is 13.2. The van der Waals surface area contributed by atoms with Crippen molar-refractivity contribution >= 4 is 5.91 Å². The van der Waals surface area contributed by atoms with Crippen LogP contribution in [-0.4, -0.2) is 87.5 Å². The molecule has 1 heterocycles. The van der Waals surface area contributed by atoms with Crippen LogP contribution in [0.3, 0.4) is 0 Å². The highest BCUT2D eigenvalue weighted by Crippen LogP contribution is 2.24. The Kier molecular flexibility index (Phi) is 68.8. The van der Waals surface area contributed by atoms with Gasteiger partial charge in [-0.15, -0.1) is 0 Å². The average Bonchev–Trinajstić information content (AvgIpc) is 1.58. The van der Waals surface area contributed by atoms with E-state index < -0.39 is 49.5 Å². The molecule has 0 bridgehead atoms. The number of nitrogens with one attached hydrogen (secondary N) is 1. The van der Waals surface area contributed by atoms with Crippen LogP contribution in [0.5, 0.6) is 0 Å². The van der Waals surface area contributed by atoms with Gasteiger partial charge in [-0.05, 0) is 44.9 Å². The highest BCUT2D eigenvalue weighted by atomic mass is 16.7. The Morgan fingerprint density at radius 3 is 0.890 bits per heavy atom. The van der Waals surface area contributed by atoms with Crippen molar-refractivity contribution in [2.45, 2.75) is 480 Å². The van der Waals surface area contributed by atoms with E-state index in [9.17, 15) is 30.3 Å². The minimum atomic E-state index is -1.57. The lowest BCUT2D eigenvalue weighted by Crippen LogP contribution is -2.60. The summed E-state index contributed by atoms with van der Waals surface area (Å²) >= 11 is 0. The van der Waals surface area contributed by atoms with Crippen molar-refractivity contribution in [3.8, 4) is 0 Å². The molecule has 1 rings (SSSR count). The molecule has 1 aliphatic heterocycles. The van der Waals surface area contributed by atoms with Crippen LogP contribution in [0.15, 0.2) is 24.3 Å². The predicted molar refractivity (Wildman–Crippen MR) is 392 cm³/mol. The number of carbonyl (C=O) groups excluding carboxylic acids is 1. The fourth-order valence-electron chi connectivity index (χ4n) is 13.6. The molecule has 1 fully saturated rings. The van der Waals surface area contributed by atoms with E-state index in [1.807, 2.05) is 6.08 Å². The summed E-state index contributed by atoms with van der Waals surface area (Å²) in [6, 6.07) is -0.804. The molecule has 540 valence electrons. The molecular weight excluding hydrogens is 1130 g/mol. The molecular formula is C82H159NO8. The summed E-state index contributed by atoms with van der Waals surface area (Å²) < 4.78 is 11.4. The van der Waals surface area contributed by atoms with Crippen molar-refractivity contribution in [1.82, 2.24) is 5.32 Å². The van der Waals surface area contributed by atoms with Crippen molar-refractivity contribution in [3.05, 3.63) is 24.3 Å². The summed E-state index contributed by atoms with van der Waals surface area (Å²) in [5.41, 5.74) is 0. The zero-order valence-corrected chi connectivity index (χ0v) is 60.9. The van der Waals surface area contributed by atoms with Crippen LogP contribution in [0.4, 0.5) is 0 Å². The number of aliphatic hydroxyl groups is 5. The molecule has 0 aromatic heterocycles. The first kappa shape index (κ1) is 87.7. The zero-order valence-electron chi connectivity index (χ0n) is 60.9. The van der Waals surface area contributed by atoms with Gasteiger partial charge in [-0.1, -0.05) is 411 Å². The van der Waals surface area contributed by atoms with E-state index in [1.165, 1.54) is 379 Å². The van der Waals surface area contributed by atoms with Gasteiger partial charge in [0.2, 0.25) is 5.91 Å². The van der Waals surface area contributed by atoms with Gasteiger partial charge in [0.25, 0.3) is 0 Å². The molecule has 1 aliphatic rings. The van der Waals surface area contributed by atoms with Gasteiger partial charge in [-0.2, -0.15) is 0 Å². The maximum Gasteiger partial charge on any atom is 0.220 e. The number of hydrogen-bond acceptors (Lipinski definition) is 8. The Morgan fingerprint density at radius 2 is 0.615 bits per heavy atom. The van der Waals surface area contributed by atoms with Crippen LogP contribution in [0.2, 0.25) is 0 Å². The van der Waals surface area contributed by atoms with E-state index in [2.05, 4.69) is 31.3 Å². The molecule has 0 aromatic carbocycles. The second kappa shape index (κ2) is 71.4. The molecule has 1 amide bonds. The molecule has 0 radical (unpaired) electrons. The smallest absolute Gasteiger partial charge is 0.220 e. The molecule has 6 N–H and O–H groups in total. The Labute approximate surface area is 566 Å². The minimum absolute atomic E-state index is 0.166. The lowest BCUT2D eigenvalue weighted by atomic mass is 9.99. The second-order valence-corrected chi connectivity index (χ2v) is 28.9. The number of rotatable bonds is 74. The molecule has 0 saturated carbocycles. The highest BCUT2D eigenvalue weighted by molar-refractivity contribution is 5.76. The zero-order chi connectivity index (χ0) is 65.7. The van der Waals surface area contributed by atoms with Crippen LogP contribution >= 0.6 is 0 Å². The first-order chi connectivity index (χ1) is 44.8. The molecule has 0 spiro atoms. The number of unbranched alkanes of at least 4 members (excludes halogenated alkanes) is 62. The van der Waals surface area contributed by atoms with E-state index in [0.29, 0.717) is 6.42 Å². The van der Waals surface area contributed by atoms with E-state index in [-0.39, 0.29) is 12.5 Å². The predicted octanol–water partition coefficient (Wildman–Crippen LogP) is 23.5. The largest absolute Gasteiger partial charge is 0.394 e. The fourth-order valence-corrected chi connectivity index (χ4v) is 13.6. The summed E-state index contributed by atoms with van der Waals surface area (Å²) in [5.74, 6) is -0.166. The molecule has 9 heteroatoms. The van der Waals surface area contributed by atoms with Gasteiger partial charge in [0, 0.05) is 6.42 Å². The van der Waals surface area contributed by atoms with Gasteiger partial charge in [0.15, 0.2) is 6.29 Å². The van der Waals surface area contributed by atoms with E-state index in [1.54, 1.807) is 6.08 Å². The molecule has 7 unspecified atom stereocenters. The van der Waals surface area contributed by atoms with Gasteiger partial charge in [0.1, 0.15) is 24.4 Å². The van der Waals surface area contributed by atoms with Crippen molar-refractivity contribution in [2.24, 2.45) is 0 Å². The number of ether oxygens (including phenoxy) is 2. The third-order valence-electron chi connectivity index (χ3n) is 20.0. The summed E-state index contributed by atoms with van der Waals surface area (Å²) in [5, 5.41) is 54.9. The Morgan fingerprint density at radius 1 is 0.363 bits per heavy atom. The van der Waals surface area contributed by atoms with Gasteiger partial charge in [-0.3, -0.25) is 4.79 Å². The monoisotopic (exact) mass is 1290 g/mol. The van der Waals surface area contributed by atoms with Crippen molar-refractivity contribution < 1.29 is 39.8 Å². The second-order valence-electron chi connectivity index (χ2n) is 28.9. The number of hydrogen-bond donors (Lipinski definition) is 6. The minimum Gasteiger partial charge on any atom is -0.394 e. The standard InChI is InChI=1S/C82H159NO8/c1-3-5-7-9-11-13-15-17-19-21-23-25-27-29-31-33-35-37-38-40-42-44-46-48-50-52-54-56-58-60-62-64-66-68-70-72-78(86)83-75(74-90-82-81(89)80(88)79(87)77(73-84)91-82)76(85)71-69-67-65-63-61-59-57-55-53-51-49-47-45-43-41-39-36-34-32-30-28-26-24-22-20-18-16-14-12-10-8-6-4-2/h21,23,69,71,75-77,79-82,84-85,87-89H,3-20,22,24-68,70,72-74H2,1-2H3,(H,83,86)/b23-21-,71-69+. The summed E-state index contributed by atoms with van der Waals surface area (Å²) in [6.45, 7) is 3.85. The third kappa shape index (κ3) is 59.7. The highest BCUT2D eigenvalue weighted by Gasteiger charge is 2.44. The Balaban J connectivity index is 2.05. The normalized spacial score (nSPS) is 17.7. The van der Waals surface area contributed by atoms with Gasteiger partial charge < -0.3 is 40.3 Å². The average molecular weight is 1290 g/mol.